The molecule has 4 aromatic carbocycles. The van der Waals surface area contributed by atoms with Crippen LogP contribution in [0.5, 0.6) is 0 Å². The average Bonchev–Trinajstić information content (AvgIpc) is 2.65. The van der Waals surface area contributed by atoms with Crippen molar-refractivity contribution in [2.45, 2.75) is 20.3 Å². The van der Waals surface area contributed by atoms with Gasteiger partial charge in [0, 0.05) is 23.2 Å². The topological polar surface area (TPSA) is 3.24 Å². The van der Waals surface area contributed by atoms with E-state index in [4.69, 9.17) is 0 Å². The third-order valence-electron chi connectivity index (χ3n) is 5.34. The number of rotatable bonds is 1. The summed E-state index contributed by atoms with van der Waals surface area (Å²) in [4.78, 5) is 2.44. The highest BCUT2D eigenvalue weighted by molar-refractivity contribution is 6.00. The molecule has 126 valence electrons. The van der Waals surface area contributed by atoms with Crippen molar-refractivity contribution in [1.82, 2.24) is 0 Å². The van der Waals surface area contributed by atoms with Crippen molar-refractivity contribution in [2.75, 3.05) is 4.90 Å². The Morgan fingerprint density at radius 2 is 1.23 bits per heavy atom. The summed E-state index contributed by atoms with van der Waals surface area (Å²) >= 11 is 0. The van der Waals surface area contributed by atoms with E-state index < -0.39 is 0 Å². The summed E-state index contributed by atoms with van der Waals surface area (Å²) in [5.74, 6) is 0. The molecule has 0 aromatic heterocycles. The first-order valence-corrected chi connectivity index (χ1v) is 9.18. The van der Waals surface area contributed by atoms with E-state index in [0.29, 0.717) is 0 Å². The van der Waals surface area contributed by atoms with Crippen molar-refractivity contribution in [1.29, 1.82) is 0 Å². The van der Waals surface area contributed by atoms with Gasteiger partial charge in [-0.2, -0.15) is 0 Å². The van der Waals surface area contributed by atoms with Gasteiger partial charge in [0.1, 0.15) is 0 Å². The van der Waals surface area contributed by atoms with Gasteiger partial charge < -0.3 is 4.90 Å². The van der Waals surface area contributed by atoms with Crippen molar-refractivity contribution in [3.05, 3.63) is 101 Å². The van der Waals surface area contributed by atoms with E-state index in [-0.39, 0.29) is 0 Å². The molecule has 26 heavy (non-hydrogen) atoms. The van der Waals surface area contributed by atoms with Crippen molar-refractivity contribution in [3.63, 3.8) is 0 Å². The number of nitrogens with zero attached hydrogens (tertiary/aromatic N) is 1. The number of hydrogen-bond donors (Lipinski definition) is 0. The van der Waals surface area contributed by atoms with Crippen LogP contribution in [0.3, 0.4) is 0 Å². The minimum Gasteiger partial charge on any atom is -0.309 e. The molecule has 0 spiro atoms. The molecule has 4 aromatic rings. The summed E-state index contributed by atoms with van der Waals surface area (Å²) in [6, 6.07) is 28.9. The molecule has 0 fully saturated rings. The summed E-state index contributed by atoms with van der Waals surface area (Å²) in [5, 5.41) is 2.56. The van der Waals surface area contributed by atoms with E-state index in [9.17, 15) is 0 Å². The van der Waals surface area contributed by atoms with Gasteiger partial charge in [0.05, 0.1) is 5.69 Å². The van der Waals surface area contributed by atoms with Crippen LogP contribution in [0.15, 0.2) is 78.9 Å². The Hall–Kier alpha value is -3.06. The molecule has 1 aliphatic rings. The second-order valence-corrected chi connectivity index (χ2v) is 7.27. The predicted octanol–water partition coefficient (Wildman–Crippen LogP) is 6.83. The van der Waals surface area contributed by atoms with Gasteiger partial charge in [0.25, 0.3) is 0 Å². The Bertz CT molecular complexity index is 1080. The first-order chi connectivity index (χ1) is 12.7. The molecule has 1 heteroatoms. The van der Waals surface area contributed by atoms with Gasteiger partial charge >= 0.3 is 0 Å². The lowest BCUT2D eigenvalue weighted by atomic mass is 9.92. The first-order valence-electron chi connectivity index (χ1n) is 9.18. The van der Waals surface area contributed by atoms with E-state index in [1.54, 1.807) is 0 Å². The van der Waals surface area contributed by atoms with Crippen LogP contribution < -0.4 is 4.90 Å². The number of benzene rings is 4. The molecule has 0 radical (unpaired) electrons. The SMILES string of the molecule is Cc1ccc2c(c1)Cc1cc(C)ccc1N2c1cccc2ccccc12. The van der Waals surface area contributed by atoms with Crippen molar-refractivity contribution >= 4 is 27.8 Å². The van der Waals surface area contributed by atoms with Crippen LogP contribution in [0.1, 0.15) is 22.3 Å². The second-order valence-electron chi connectivity index (χ2n) is 7.27. The average molecular weight is 335 g/mol. The Labute approximate surface area is 154 Å². The third kappa shape index (κ3) is 2.32. The largest absolute Gasteiger partial charge is 0.309 e. The van der Waals surface area contributed by atoms with Crippen LogP contribution in [0, 0.1) is 13.8 Å². The minimum absolute atomic E-state index is 0.995. The van der Waals surface area contributed by atoms with Gasteiger partial charge in [-0.05, 0) is 48.6 Å². The van der Waals surface area contributed by atoms with Crippen LogP contribution in [-0.4, -0.2) is 0 Å². The fourth-order valence-electron chi connectivity index (χ4n) is 4.15. The molecular formula is C25H21N. The maximum absolute atomic E-state index is 2.44. The molecule has 0 saturated carbocycles. The van der Waals surface area contributed by atoms with Crippen LogP contribution in [0.2, 0.25) is 0 Å². The number of anilines is 3. The number of aryl methyl sites for hydroxylation is 2. The summed E-state index contributed by atoms with van der Waals surface area (Å²) in [7, 11) is 0. The summed E-state index contributed by atoms with van der Waals surface area (Å²) in [6.45, 7) is 4.35. The van der Waals surface area contributed by atoms with Crippen LogP contribution in [0.4, 0.5) is 17.1 Å². The van der Waals surface area contributed by atoms with E-state index in [0.717, 1.165) is 6.42 Å². The van der Waals surface area contributed by atoms with Crippen molar-refractivity contribution in [3.8, 4) is 0 Å². The van der Waals surface area contributed by atoms with Crippen molar-refractivity contribution in [2.24, 2.45) is 0 Å². The molecule has 0 atom stereocenters. The maximum Gasteiger partial charge on any atom is 0.0540 e. The Morgan fingerprint density at radius 3 is 1.92 bits per heavy atom. The first kappa shape index (κ1) is 15.2. The zero-order chi connectivity index (χ0) is 17.7. The van der Waals surface area contributed by atoms with Gasteiger partial charge in [-0.3, -0.25) is 0 Å². The van der Waals surface area contributed by atoms with E-state index >= 15 is 0 Å². The highest BCUT2D eigenvalue weighted by Crippen LogP contribution is 2.46. The Balaban J connectivity index is 1.83. The second kappa shape index (κ2) is 5.74. The monoisotopic (exact) mass is 335 g/mol. The normalized spacial score (nSPS) is 12.8. The van der Waals surface area contributed by atoms with Crippen LogP contribution in [0.25, 0.3) is 10.8 Å². The molecule has 0 saturated heterocycles. The predicted molar refractivity (Wildman–Crippen MR) is 111 cm³/mol. The molecule has 0 aliphatic carbocycles. The molecule has 0 unspecified atom stereocenters. The molecule has 5 rings (SSSR count). The van der Waals surface area contributed by atoms with Gasteiger partial charge in [-0.1, -0.05) is 71.8 Å². The van der Waals surface area contributed by atoms with E-state index in [1.807, 2.05) is 0 Å². The fourth-order valence-corrected chi connectivity index (χ4v) is 4.15. The molecule has 1 aliphatic heterocycles. The lowest BCUT2D eigenvalue weighted by Gasteiger charge is -2.34. The van der Waals surface area contributed by atoms with Gasteiger partial charge in [-0.15, -0.1) is 0 Å². The smallest absolute Gasteiger partial charge is 0.0540 e. The third-order valence-corrected chi connectivity index (χ3v) is 5.34. The quantitative estimate of drug-likeness (QED) is 0.324. The summed E-state index contributed by atoms with van der Waals surface area (Å²) < 4.78 is 0. The summed E-state index contributed by atoms with van der Waals surface area (Å²) in [5.41, 5.74) is 9.27. The number of hydrogen-bond acceptors (Lipinski definition) is 1. The summed E-state index contributed by atoms with van der Waals surface area (Å²) in [6.07, 6.45) is 0.995. The van der Waals surface area contributed by atoms with Crippen LogP contribution >= 0.6 is 0 Å². The maximum atomic E-state index is 2.44. The minimum atomic E-state index is 0.995. The lowest BCUT2D eigenvalue weighted by molar-refractivity contribution is 1.08. The highest BCUT2D eigenvalue weighted by atomic mass is 15.2. The molecule has 1 nitrogen and oxygen atoms in total. The van der Waals surface area contributed by atoms with Crippen molar-refractivity contribution < 1.29 is 0 Å². The molecule has 0 amide bonds. The zero-order valence-electron chi connectivity index (χ0n) is 15.2. The van der Waals surface area contributed by atoms with E-state index in [1.165, 1.54) is 50.1 Å². The Morgan fingerprint density at radius 1 is 0.615 bits per heavy atom. The van der Waals surface area contributed by atoms with E-state index in [2.05, 4.69) is 97.6 Å². The van der Waals surface area contributed by atoms with Gasteiger partial charge in [-0.25, -0.2) is 0 Å². The lowest BCUT2D eigenvalue weighted by Crippen LogP contribution is -2.19. The number of fused-ring (bicyclic) bond motifs is 3. The fraction of sp³-hybridized carbons (Fsp3) is 0.120. The zero-order valence-corrected chi connectivity index (χ0v) is 15.2. The standard InChI is InChI=1S/C25H21N/c1-17-10-12-23-20(14-17)16-21-15-18(2)11-13-24(21)26(23)25-9-5-7-19-6-3-4-8-22(19)25/h3-15H,16H2,1-2H3. The highest BCUT2D eigenvalue weighted by Gasteiger charge is 2.25. The molecule has 1 heterocycles. The molecule has 0 bridgehead atoms. The van der Waals surface area contributed by atoms with Crippen LogP contribution in [-0.2, 0) is 6.42 Å². The van der Waals surface area contributed by atoms with Gasteiger partial charge in [0.2, 0.25) is 0 Å². The molecular weight excluding hydrogens is 314 g/mol. The molecule has 0 N–H and O–H groups in total. The Kier molecular flexibility index (Phi) is 3.36. The van der Waals surface area contributed by atoms with Gasteiger partial charge in [0.15, 0.2) is 0 Å².